The van der Waals surface area contributed by atoms with E-state index < -0.39 is 0 Å². The zero-order valence-corrected chi connectivity index (χ0v) is 8.38. The summed E-state index contributed by atoms with van der Waals surface area (Å²) in [5.41, 5.74) is 0.347. The lowest BCUT2D eigenvalue weighted by Crippen LogP contribution is -2.00. The standard InChI is InChI=1S/C10H9ClO3/c1-14-7-2-3-8(9(11)6-7)10(13)4-5-12/h2-3,5-6H,4H2,1H3. The summed E-state index contributed by atoms with van der Waals surface area (Å²) in [6, 6.07) is 4.72. The lowest BCUT2D eigenvalue weighted by molar-refractivity contribution is -0.107. The Morgan fingerprint density at radius 1 is 1.57 bits per heavy atom. The fraction of sp³-hybridized carbons (Fsp3) is 0.200. The number of rotatable bonds is 4. The molecule has 1 aromatic rings. The van der Waals surface area contributed by atoms with E-state index in [0.717, 1.165) is 0 Å². The van der Waals surface area contributed by atoms with Gasteiger partial charge in [-0.1, -0.05) is 11.6 Å². The number of Topliss-reactive ketones (excluding diaryl/α,β-unsaturated/α-hetero) is 1. The normalized spacial score (nSPS) is 9.57. The van der Waals surface area contributed by atoms with E-state index in [0.29, 0.717) is 22.6 Å². The van der Waals surface area contributed by atoms with Gasteiger partial charge in [-0.15, -0.1) is 0 Å². The van der Waals surface area contributed by atoms with E-state index >= 15 is 0 Å². The maximum Gasteiger partial charge on any atom is 0.171 e. The predicted molar refractivity (Wildman–Crippen MR) is 53.0 cm³/mol. The molecule has 3 nitrogen and oxygen atoms in total. The molecule has 0 N–H and O–H groups in total. The molecule has 0 spiro atoms. The molecule has 74 valence electrons. The Morgan fingerprint density at radius 3 is 2.79 bits per heavy atom. The quantitative estimate of drug-likeness (QED) is 0.436. The van der Waals surface area contributed by atoms with Crippen molar-refractivity contribution in [3.63, 3.8) is 0 Å². The fourth-order valence-corrected chi connectivity index (χ4v) is 1.31. The number of halogens is 1. The van der Waals surface area contributed by atoms with Gasteiger partial charge in [-0.05, 0) is 18.2 Å². The second-order valence-electron chi connectivity index (χ2n) is 2.64. The number of benzene rings is 1. The van der Waals surface area contributed by atoms with Crippen LogP contribution in [0.3, 0.4) is 0 Å². The molecule has 0 amide bonds. The van der Waals surface area contributed by atoms with Crippen molar-refractivity contribution < 1.29 is 14.3 Å². The first-order chi connectivity index (χ1) is 6.69. The van der Waals surface area contributed by atoms with Crippen LogP contribution in [0, 0.1) is 0 Å². The highest BCUT2D eigenvalue weighted by Crippen LogP contribution is 2.23. The van der Waals surface area contributed by atoms with Crippen LogP contribution in [0.25, 0.3) is 0 Å². The van der Waals surface area contributed by atoms with Gasteiger partial charge in [-0.25, -0.2) is 0 Å². The first-order valence-corrected chi connectivity index (χ1v) is 4.37. The van der Waals surface area contributed by atoms with E-state index in [1.54, 1.807) is 18.2 Å². The summed E-state index contributed by atoms with van der Waals surface area (Å²) in [6.07, 6.45) is 0.412. The molecule has 0 aromatic heterocycles. The molecule has 0 fully saturated rings. The average Bonchev–Trinajstić information content (AvgIpc) is 2.17. The maximum absolute atomic E-state index is 11.3. The Balaban J connectivity index is 2.99. The van der Waals surface area contributed by atoms with Crippen LogP contribution < -0.4 is 4.74 Å². The molecule has 0 atom stereocenters. The topological polar surface area (TPSA) is 43.4 Å². The van der Waals surface area contributed by atoms with Crippen molar-refractivity contribution in [2.45, 2.75) is 6.42 Å². The molecule has 1 aromatic carbocycles. The van der Waals surface area contributed by atoms with Crippen molar-refractivity contribution in [2.24, 2.45) is 0 Å². The second kappa shape index (κ2) is 4.77. The Bertz CT molecular complexity index is 360. The number of hydrogen-bond acceptors (Lipinski definition) is 3. The zero-order valence-electron chi connectivity index (χ0n) is 7.62. The third-order valence-electron chi connectivity index (χ3n) is 1.75. The minimum atomic E-state index is -0.285. The number of carbonyl (C=O) groups excluding carboxylic acids is 2. The van der Waals surface area contributed by atoms with Gasteiger partial charge >= 0.3 is 0 Å². The molecule has 0 aliphatic heterocycles. The Kier molecular flexibility index (Phi) is 3.65. The first-order valence-electron chi connectivity index (χ1n) is 3.99. The number of methoxy groups -OCH3 is 1. The monoisotopic (exact) mass is 212 g/mol. The van der Waals surface area contributed by atoms with Crippen LogP contribution in [0.4, 0.5) is 0 Å². The summed E-state index contributed by atoms with van der Waals surface area (Å²) in [4.78, 5) is 21.4. The number of aldehydes is 1. The van der Waals surface area contributed by atoms with Crippen molar-refractivity contribution >= 4 is 23.7 Å². The number of ether oxygens (including phenoxy) is 1. The van der Waals surface area contributed by atoms with Gasteiger partial charge in [0.25, 0.3) is 0 Å². The minimum Gasteiger partial charge on any atom is -0.497 e. The lowest BCUT2D eigenvalue weighted by atomic mass is 10.1. The Morgan fingerprint density at radius 2 is 2.29 bits per heavy atom. The van der Waals surface area contributed by atoms with Gasteiger partial charge in [0, 0.05) is 5.56 Å². The minimum absolute atomic E-state index is 0.147. The van der Waals surface area contributed by atoms with Gasteiger partial charge in [0.2, 0.25) is 0 Å². The van der Waals surface area contributed by atoms with Crippen LogP contribution in [0.2, 0.25) is 5.02 Å². The second-order valence-corrected chi connectivity index (χ2v) is 3.05. The van der Waals surface area contributed by atoms with Crippen LogP contribution in [0.1, 0.15) is 16.8 Å². The SMILES string of the molecule is COc1ccc(C(=O)CC=O)c(Cl)c1. The summed E-state index contributed by atoms with van der Waals surface area (Å²) in [7, 11) is 1.51. The molecule has 0 radical (unpaired) electrons. The van der Waals surface area contributed by atoms with E-state index in [1.165, 1.54) is 7.11 Å². The summed E-state index contributed by atoms with van der Waals surface area (Å²) in [5.74, 6) is 0.297. The molecule has 0 saturated heterocycles. The molecule has 0 saturated carbocycles. The van der Waals surface area contributed by atoms with Crippen molar-refractivity contribution in [1.82, 2.24) is 0 Å². The molecule has 0 unspecified atom stereocenters. The van der Waals surface area contributed by atoms with E-state index in [4.69, 9.17) is 16.3 Å². The molecule has 0 aliphatic rings. The number of carbonyl (C=O) groups is 2. The van der Waals surface area contributed by atoms with Crippen molar-refractivity contribution in [1.29, 1.82) is 0 Å². The van der Waals surface area contributed by atoms with E-state index in [1.807, 2.05) is 0 Å². The van der Waals surface area contributed by atoms with E-state index in [-0.39, 0.29) is 12.2 Å². The molecule has 14 heavy (non-hydrogen) atoms. The summed E-state index contributed by atoms with van der Waals surface area (Å²) in [6.45, 7) is 0. The van der Waals surface area contributed by atoms with Gasteiger partial charge in [0.05, 0.1) is 18.6 Å². The highest BCUT2D eigenvalue weighted by molar-refractivity contribution is 6.34. The molecule has 0 heterocycles. The smallest absolute Gasteiger partial charge is 0.171 e. The Hall–Kier alpha value is -1.35. The van der Waals surface area contributed by atoms with E-state index in [2.05, 4.69) is 0 Å². The highest BCUT2D eigenvalue weighted by atomic mass is 35.5. The highest BCUT2D eigenvalue weighted by Gasteiger charge is 2.10. The van der Waals surface area contributed by atoms with Crippen molar-refractivity contribution in [2.75, 3.05) is 7.11 Å². The lowest BCUT2D eigenvalue weighted by Gasteiger charge is -2.03. The third-order valence-corrected chi connectivity index (χ3v) is 2.06. The summed E-state index contributed by atoms with van der Waals surface area (Å²) < 4.78 is 4.92. The van der Waals surface area contributed by atoms with Gasteiger partial charge < -0.3 is 9.53 Å². The summed E-state index contributed by atoms with van der Waals surface area (Å²) >= 11 is 5.82. The third kappa shape index (κ3) is 2.33. The number of ketones is 1. The molecular formula is C10H9ClO3. The molecule has 0 aliphatic carbocycles. The van der Waals surface area contributed by atoms with Gasteiger partial charge in [-0.2, -0.15) is 0 Å². The largest absolute Gasteiger partial charge is 0.497 e. The predicted octanol–water partition coefficient (Wildman–Crippen LogP) is 2.12. The van der Waals surface area contributed by atoms with Crippen LogP contribution in [0.15, 0.2) is 18.2 Å². The van der Waals surface area contributed by atoms with E-state index in [9.17, 15) is 9.59 Å². The van der Waals surface area contributed by atoms with Gasteiger partial charge in [0.1, 0.15) is 12.0 Å². The van der Waals surface area contributed by atoms with Gasteiger partial charge in [-0.3, -0.25) is 4.79 Å². The van der Waals surface area contributed by atoms with Crippen LogP contribution in [-0.4, -0.2) is 19.2 Å². The average molecular weight is 213 g/mol. The van der Waals surface area contributed by atoms with Gasteiger partial charge in [0.15, 0.2) is 5.78 Å². The maximum atomic E-state index is 11.3. The fourth-order valence-electron chi connectivity index (χ4n) is 1.03. The van der Waals surface area contributed by atoms with Crippen molar-refractivity contribution in [3.8, 4) is 5.75 Å². The van der Waals surface area contributed by atoms with Crippen molar-refractivity contribution in [3.05, 3.63) is 28.8 Å². The zero-order chi connectivity index (χ0) is 10.6. The molecule has 4 heteroatoms. The molecular weight excluding hydrogens is 204 g/mol. The first kappa shape index (κ1) is 10.7. The Labute approximate surface area is 86.6 Å². The molecule has 1 rings (SSSR count). The summed E-state index contributed by atoms with van der Waals surface area (Å²) in [5, 5.41) is 0.302. The van der Waals surface area contributed by atoms with Crippen LogP contribution in [-0.2, 0) is 4.79 Å². The number of hydrogen-bond donors (Lipinski definition) is 0. The van der Waals surface area contributed by atoms with Crippen LogP contribution in [0.5, 0.6) is 5.75 Å². The van der Waals surface area contributed by atoms with Crippen LogP contribution >= 0.6 is 11.6 Å². The molecule has 0 bridgehead atoms.